The standard InChI is InChI=1S/C11H19N3O/c1-8(9(2)12)11(15)5-4-10-6-13-14(3)7-10/h6-9H,4-5,12H2,1-3H3. The van der Waals surface area contributed by atoms with Crippen LogP contribution in [0, 0.1) is 5.92 Å². The van der Waals surface area contributed by atoms with Gasteiger partial charge in [0.1, 0.15) is 5.78 Å². The fourth-order valence-electron chi connectivity index (χ4n) is 1.39. The third-order valence-corrected chi connectivity index (χ3v) is 2.71. The maximum atomic E-state index is 11.7. The monoisotopic (exact) mass is 209 g/mol. The van der Waals surface area contributed by atoms with Crippen LogP contribution >= 0.6 is 0 Å². The van der Waals surface area contributed by atoms with Crippen LogP contribution in [0.15, 0.2) is 12.4 Å². The van der Waals surface area contributed by atoms with E-state index in [2.05, 4.69) is 5.10 Å². The maximum Gasteiger partial charge on any atom is 0.137 e. The van der Waals surface area contributed by atoms with Crippen molar-refractivity contribution in [3.63, 3.8) is 0 Å². The molecule has 1 aromatic heterocycles. The molecule has 0 amide bonds. The maximum absolute atomic E-state index is 11.7. The molecule has 1 heterocycles. The second-order valence-corrected chi connectivity index (χ2v) is 4.14. The fraction of sp³-hybridized carbons (Fsp3) is 0.636. The molecule has 4 heteroatoms. The molecule has 2 N–H and O–H groups in total. The van der Waals surface area contributed by atoms with Gasteiger partial charge in [0.25, 0.3) is 0 Å². The molecule has 0 saturated heterocycles. The second kappa shape index (κ2) is 5.07. The Morgan fingerprint density at radius 1 is 1.60 bits per heavy atom. The summed E-state index contributed by atoms with van der Waals surface area (Å²) in [6.45, 7) is 3.75. The molecular formula is C11H19N3O. The molecule has 4 nitrogen and oxygen atoms in total. The average molecular weight is 209 g/mol. The Kier molecular flexibility index (Phi) is 4.03. The average Bonchev–Trinajstić information content (AvgIpc) is 2.59. The van der Waals surface area contributed by atoms with Crippen LogP contribution in [0.25, 0.3) is 0 Å². The molecule has 0 saturated carbocycles. The SMILES string of the molecule is CC(N)C(C)C(=O)CCc1cnn(C)c1. The van der Waals surface area contributed by atoms with Crippen molar-refractivity contribution < 1.29 is 4.79 Å². The van der Waals surface area contributed by atoms with E-state index in [1.807, 2.05) is 27.1 Å². The lowest BCUT2D eigenvalue weighted by Gasteiger charge is -2.13. The topological polar surface area (TPSA) is 60.9 Å². The van der Waals surface area contributed by atoms with Crippen molar-refractivity contribution in [1.82, 2.24) is 9.78 Å². The van der Waals surface area contributed by atoms with E-state index in [9.17, 15) is 4.79 Å². The number of Topliss-reactive ketones (excluding diaryl/α,β-unsaturated/α-hetero) is 1. The van der Waals surface area contributed by atoms with E-state index in [4.69, 9.17) is 5.73 Å². The predicted octanol–water partition coefficient (Wildman–Crippen LogP) is 0.905. The first kappa shape index (κ1) is 11.9. The second-order valence-electron chi connectivity index (χ2n) is 4.14. The van der Waals surface area contributed by atoms with Crippen molar-refractivity contribution in [2.75, 3.05) is 0 Å². The molecule has 0 aromatic carbocycles. The van der Waals surface area contributed by atoms with Crippen molar-refractivity contribution in [1.29, 1.82) is 0 Å². The van der Waals surface area contributed by atoms with E-state index >= 15 is 0 Å². The van der Waals surface area contributed by atoms with Gasteiger partial charge in [-0.05, 0) is 18.9 Å². The molecule has 1 aromatic rings. The van der Waals surface area contributed by atoms with Crippen LogP contribution < -0.4 is 5.73 Å². The van der Waals surface area contributed by atoms with Gasteiger partial charge in [-0.25, -0.2) is 0 Å². The van der Waals surface area contributed by atoms with Gasteiger partial charge < -0.3 is 5.73 Å². The summed E-state index contributed by atoms with van der Waals surface area (Å²) < 4.78 is 1.74. The number of nitrogens with two attached hydrogens (primary N) is 1. The molecule has 0 fully saturated rings. The van der Waals surface area contributed by atoms with Crippen molar-refractivity contribution in [3.8, 4) is 0 Å². The molecule has 2 unspecified atom stereocenters. The number of carbonyl (C=O) groups excluding carboxylic acids is 1. The molecule has 84 valence electrons. The highest BCUT2D eigenvalue weighted by Gasteiger charge is 2.16. The van der Waals surface area contributed by atoms with Crippen molar-refractivity contribution in [2.24, 2.45) is 18.7 Å². The Balaban J connectivity index is 2.40. The van der Waals surface area contributed by atoms with E-state index in [0.29, 0.717) is 6.42 Å². The van der Waals surface area contributed by atoms with E-state index in [-0.39, 0.29) is 17.7 Å². The summed E-state index contributed by atoms with van der Waals surface area (Å²) in [6, 6.07) is -0.0635. The fourth-order valence-corrected chi connectivity index (χ4v) is 1.39. The quantitative estimate of drug-likeness (QED) is 0.784. The van der Waals surface area contributed by atoms with E-state index in [1.165, 1.54) is 0 Å². The predicted molar refractivity (Wildman–Crippen MR) is 59.3 cm³/mol. The van der Waals surface area contributed by atoms with Crippen molar-refractivity contribution in [3.05, 3.63) is 18.0 Å². The Morgan fingerprint density at radius 3 is 2.73 bits per heavy atom. The molecule has 0 aliphatic heterocycles. The van der Waals surface area contributed by atoms with Crippen molar-refractivity contribution in [2.45, 2.75) is 32.7 Å². The number of nitrogens with zero attached hydrogens (tertiary/aromatic N) is 2. The van der Waals surface area contributed by atoms with Gasteiger partial charge in [0.05, 0.1) is 6.20 Å². The number of aromatic nitrogens is 2. The number of hydrogen-bond donors (Lipinski definition) is 1. The summed E-state index contributed by atoms with van der Waals surface area (Å²) in [5, 5.41) is 4.06. The van der Waals surface area contributed by atoms with Gasteiger partial charge in [-0.1, -0.05) is 6.92 Å². The normalized spacial score (nSPS) is 14.9. The van der Waals surface area contributed by atoms with Gasteiger partial charge in [-0.3, -0.25) is 9.48 Å². The smallest absolute Gasteiger partial charge is 0.137 e. The largest absolute Gasteiger partial charge is 0.327 e. The van der Waals surface area contributed by atoms with Gasteiger partial charge in [0.15, 0.2) is 0 Å². The Labute approximate surface area is 90.5 Å². The van der Waals surface area contributed by atoms with Crippen LogP contribution in [0.4, 0.5) is 0 Å². The lowest BCUT2D eigenvalue weighted by molar-refractivity contribution is -0.122. The first-order chi connectivity index (χ1) is 7.00. The summed E-state index contributed by atoms with van der Waals surface area (Å²) in [7, 11) is 1.87. The van der Waals surface area contributed by atoms with Crippen LogP contribution in [-0.4, -0.2) is 21.6 Å². The zero-order valence-electron chi connectivity index (χ0n) is 9.60. The van der Waals surface area contributed by atoms with Gasteiger partial charge in [0.2, 0.25) is 0 Å². The Morgan fingerprint density at radius 2 is 2.27 bits per heavy atom. The first-order valence-corrected chi connectivity index (χ1v) is 5.26. The third kappa shape index (κ3) is 3.47. The molecule has 15 heavy (non-hydrogen) atoms. The molecule has 0 bridgehead atoms. The zero-order valence-corrected chi connectivity index (χ0v) is 9.60. The minimum absolute atomic E-state index is 0.0540. The summed E-state index contributed by atoms with van der Waals surface area (Å²) in [5.74, 6) is 0.176. The summed E-state index contributed by atoms with van der Waals surface area (Å²) in [5.41, 5.74) is 6.77. The van der Waals surface area contributed by atoms with Crippen LogP contribution in [-0.2, 0) is 18.3 Å². The number of ketones is 1. The lowest BCUT2D eigenvalue weighted by Crippen LogP contribution is -2.30. The lowest BCUT2D eigenvalue weighted by atomic mass is 9.95. The summed E-state index contributed by atoms with van der Waals surface area (Å²) >= 11 is 0. The van der Waals surface area contributed by atoms with Crippen LogP contribution in [0.2, 0.25) is 0 Å². The molecule has 0 spiro atoms. The van der Waals surface area contributed by atoms with E-state index < -0.39 is 0 Å². The van der Waals surface area contributed by atoms with Crippen LogP contribution in [0.1, 0.15) is 25.8 Å². The third-order valence-electron chi connectivity index (χ3n) is 2.71. The van der Waals surface area contributed by atoms with Crippen LogP contribution in [0.3, 0.4) is 0 Å². The number of rotatable bonds is 5. The van der Waals surface area contributed by atoms with Crippen molar-refractivity contribution >= 4 is 5.78 Å². The van der Waals surface area contributed by atoms with E-state index in [0.717, 1.165) is 12.0 Å². The number of carbonyl (C=O) groups is 1. The molecular weight excluding hydrogens is 190 g/mol. The highest BCUT2D eigenvalue weighted by molar-refractivity contribution is 5.81. The molecule has 0 radical (unpaired) electrons. The van der Waals surface area contributed by atoms with Gasteiger partial charge in [-0.15, -0.1) is 0 Å². The van der Waals surface area contributed by atoms with Gasteiger partial charge >= 0.3 is 0 Å². The minimum atomic E-state index is -0.0635. The minimum Gasteiger partial charge on any atom is -0.327 e. The van der Waals surface area contributed by atoms with E-state index in [1.54, 1.807) is 10.9 Å². The van der Waals surface area contributed by atoms with Gasteiger partial charge in [0, 0.05) is 31.6 Å². The number of aryl methyl sites for hydroxylation is 2. The highest BCUT2D eigenvalue weighted by Crippen LogP contribution is 2.08. The Bertz CT molecular complexity index is 330. The molecule has 1 rings (SSSR count). The zero-order chi connectivity index (χ0) is 11.4. The van der Waals surface area contributed by atoms with Crippen LogP contribution in [0.5, 0.6) is 0 Å². The van der Waals surface area contributed by atoms with Gasteiger partial charge in [-0.2, -0.15) is 5.10 Å². The molecule has 2 atom stereocenters. The molecule has 0 aliphatic carbocycles. The Hall–Kier alpha value is -1.16. The molecule has 0 aliphatic rings. The highest BCUT2D eigenvalue weighted by atomic mass is 16.1. The first-order valence-electron chi connectivity index (χ1n) is 5.26. The summed E-state index contributed by atoms with van der Waals surface area (Å²) in [6.07, 6.45) is 5.03. The number of hydrogen-bond acceptors (Lipinski definition) is 3. The summed E-state index contributed by atoms with van der Waals surface area (Å²) in [4.78, 5) is 11.7.